The molecule has 0 amide bonds. The van der Waals surface area contributed by atoms with Crippen LogP contribution in [0, 0.1) is 0 Å². The maximum Gasteiger partial charge on any atom is 0.258 e. The average Bonchev–Trinajstić information content (AvgIpc) is 2.88. The molecule has 1 saturated carbocycles. The number of benzene rings is 1. The standard InChI is InChI=1S/C13H13N3O/c17-11-9-3-1-2-4-10(9)15-12(16-11)13-5-8(6-13)14-7-13/h1-4,8,14H,5-7H2,(H,15,16,17). The van der Waals surface area contributed by atoms with Crippen molar-refractivity contribution >= 4 is 10.9 Å². The first kappa shape index (κ1) is 9.36. The molecule has 1 aromatic heterocycles. The summed E-state index contributed by atoms with van der Waals surface area (Å²) in [5, 5.41) is 4.11. The van der Waals surface area contributed by atoms with Gasteiger partial charge in [0.2, 0.25) is 0 Å². The summed E-state index contributed by atoms with van der Waals surface area (Å²) in [5.74, 6) is 0.863. The molecule has 17 heavy (non-hydrogen) atoms. The summed E-state index contributed by atoms with van der Waals surface area (Å²) >= 11 is 0. The molecule has 4 nitrogen and oxygen atoms in total. The molecule has 2 aliphatic heterocycles. The number of hydrogen-bond donors (Lipinski definition) is 2. The monoisotopic (exact) mass is 227 g/mol. The van der Waals surface area contributed by atoms with E-state index < -0.39 is 0 Å². The van der Waals surface area contributed by atoms with E-state index >= 15 is 0 Å². The van der Waals surface area contributed by atoms with Gasteiger partial charge < -0.3 is 10.3 Å². The van der Waals surface area contributed by atoms with Gasteiger partial charge in [0.1, 0.15) is 5.82 Å². The van der Waals surface area contributed by atoms with Crippen LogP contribution in [-0.2, 0) is 5.41 Å². The average molecular weight is 227 g/mol. The molecule has 2 N–H and O–H groups in total. The van der Waals surface area contributed by atoms with Crippen molar-refractivity contribution in [3.8, 4) is 0 Å². The number of fused-ring (bicyclic) bond motifs is 2. The third-order valence-corrected chi connectivity index (χ3v) is 4.12. The molecule has 2 saturated heterocycles. The summed E-state index contributed by atoms with van der Waals surface area (Å²) in [5.41, 5.74) is 0.875. The zero-order valence-corrected chi connectivity index (χ0v) is 9.36. The number of nitrogens with zero attached hydrogens (tertiary/aromatic N) is 1. The Morgan fingerprint density at radius 3 is 2.88 bits per heavy atom. The van der Waals surface area contributed by atoms with Crippen molar-refractivity contribution in [2.24, 2.45) is 0 Å². The van der Waals surface area contributed by atoms with Gasteiger partial charge in [0, 0.05) is 18.0 Å². The molecule has 5 rings (SSSR count). The topological polar surface area (TPSA) is 57.8 Å². The smallest absolute Gasteiger partial charge is 0.258 e. The number of para-hydroxylation sites is 1. The molecule has 86 valence electrons. The van der Waals surface area contributed by atoms with Crippen LogP contribution in [0.3, 0.4) is 0 Å². The minimum atomic E-state index is -0.0182. The molecular formula is C13H13N3O. The van der Waals surface area contributed by atoms with Crippen LogP contribution in [0.1, 0.15) is 18.7 Å². The molecule has 0 radical (unpaired) electrons. The van der Waals surface area contributed by atoms with E-state index in [9.17, 15) is 4.79 Å². The molecular weight excluding hydrogens is 214 g/mol. The lowest BCUT2D eigenvalue weighted by atomic mass is 9.69. The summed E-state index contributed by atoms with van der Waals surface area (Å²) in [7, 11) is 0. The number of nitrogens with one attached hydrogen (secondary N) is 2. The fraction of sp³-hybridized carbons (Fsp3) is 0.385. The van der Waals surface area contributed by atoms with E-state index in [2.05, 4.69) is 15.3 Å². The second-order valence-electron chi connectivity index (χ2n) is 5.20. The maximum absolute atomic E-state index is 12.0. The number of aromatic amines is 1. The fourth-order valence-corrected chi connectivity index (χ4v) is 3.13. The first-order chi connectivity index (χ1) is 8.27. The van der Waals surface area contributed by atoms with E-state index in [4.69, 9.17) is 0 Å². The Balaban J connectivity index is 1.95. The Kier molecular flexibility index (Phi) is 1.63. The van der Waals surface area contributed by atoms with Crippen LogP contribution >= 0.6 is 0 Å². The Bertz CT molecular complexity index is 649. The van der Waals surface area contributed by atoms with Crippen molar-refractivity contribution in [3.05, 3.63) is 40.4 Å². The highest BCUT2D eigenvalue weighted by Gasteiger charge is 2.53. The van der Waals surface area contributed by atoms with Crippen molar-refractivity contribution in [1.29, 1.82) is 0 Å². The predicted molar refractivity (Wildman–Crippen MR) is 65.1 cm³/mol. The van der Waals surface area contributed by atoms with E-state index in [0.29, 0.717) is 11.4 Å². The largest absolute Gasteiger partial charge is 0.313 e. The molecule has 1 aromatic carbocycles. The van der Waals surface area contributed by atoms with Crippen LogP contribution < -0.4 is 10.9 Å². The van der Waals surface area contributed by atoms with Gasteiger partial charge in [-0.25, -0.2) is 4.98 Å². The van der Waals surface area contributed by atoms with Crippen LogP contribution in [0.25, 0.3) is 10.9 Å². The van der Waals surface area contributed by atoms with E-state index in [0.717, 1.165) is 30.7 Å². The van der Waals surface area contributed by atoms with Gasteiger partial charge in [0.25, 0.3) is 5.56 Å². The summed E-state index contributed by atoms with van der Waals surface area (Å²) in [6.07, 6.45) is 2.21. The van der Waals surface area contributed by atoms with E-state index in [1.54, 1.807) is 0 Å². The quantitative estimate of drug-likeness (QED) is 0.762. The highest BCUT2D eigenvalue weighted by Crippen LogP contribution is 2.46. The Hall–Kier alpha value is -1.68. The molecule has 2 aromatic rings. The molecule has 0 unspecified atom stereocenters. The maximum atomic E-state index is 12.0. The third-order valence-electron chi connectivity index (χ3n) is 4.12. The van der Waals surface area contributed by atoms with Crippen molar-refractivity contribution in [2.75, 3.05) is 6.54 Å². The Morgan fingerprint density at radius 1 is 1.29 bits per heavy atom. The summed E-state index contributed by atoms with van der Waals surface area (Å²) in [6.45, 7) is 0.943. The second-order valence-corrected chi connectivity index (χ2v) is 5.20. The molecule has 3 heterocycles. The van der Waals surface area contributed by atoms with Crippen molar-refractivity contribution in [2.45, 2.75) is 24.3 Å². The van der Waals surface area contributed by atoms with Crippen LogP contribution in [-0.4, -0.2) is 22.6 Å². The van der Waals surface area contributed by atoms with Gasteiger partial charge in [-0.15, -0.1) is 0 Å². The van der Waals surface area contributed by atoms with Gasteiger partial charge in [0.05, 0.1) is 10.9 Å². The number of hydrogen-bond acceptors (Lipinski definition) is 3. The number of H-pyrrole nitrogens is 1. The zero-order chi connectivity index (χ0) is 11.5. The summed E-state index contributed by atoms with van der Waals surface area (Å²) in [6, 6.07) is 8.15. The zero-order valence-electron chi connectivity index (χ0n) is 9.36. The first-order valence-corrected chi connectivity index (χ1v) is 6.00. The van der Waals surface area contributed by atoms with E-state index in [1.807, 2.05) is 24.3 Å². The van der Waals surface area contributed by atoms with Gasteiger partial charge in [-0.1, -0.05) is 12.1 Å². The van der Waals surface area contributed by atoms with Gasteiger partial charge in [0.15, 0.2) is 0 Å². The lowest BCUT2D eigenvalue weighted by molar-refractivity contribution is 0.289. The van der Waals surface area contributed by atoms with Crippen LogP contribution in [0.4, 0.5) is 0 Å². The van der Waals surface area contributed by atoms with Crippen molar-refractivity contribution in [1.82, 2.24) is 15.3 Å². The van der Waals surface area contributed by atoms with Crippen LogP contribution in [0.5, 0.6) is 0 Å². The predicted octanol–water partition coefficient (Wildman–Crippen LogP) is 0.926. The summed E-state index contributed by atoms with van der Waals surface area (Å²) in [4.78, 5) is 19.6. The minimum Gasteiger partial charge on any atom is -0.313 e. The Labute approximate surface area is 98.1 Å². The highest BCUT2D eigenvalue weighted by molar-refractivity contribution is 5.77. The third kappa shape index (κ3) is 1.16. The normalized spacial score (nSPS) is 30.5. The molecule has 2 bridgehead atoms. The van der Waals surface area contributed by atoms with Crippen LogP contribution in [0.2, 0.25) is 0 Å². The molecule has 1 aliphatic carbocycles. The SMILES string of the molecule is O=c1[nH]c(C23CNC(C2)C3)nc2ccccc12. The highest BCUT2D eigenvalue weighted by atomic mass is 16.1. The van der Waals surface area contributed by atoms with Crippen LogP contribution in [0.15, 0.2) is 29.1 Å². The number of aromatic nitrogens is 2. The molecule has 3 fully saturated rings. The molecule has 3 aliphatic rings. The van der Waals surface area contributed by atoms with Crippen molar-refractivity contribution in [3.63, 3.8) is 0 Å². The van der Waals surface area contributed by atoms with E-state index in [1.165, 1.54) is 0 Å². The minimum absolute atomic E-state index is 0.0182. The van der Waals surface area contributed by atoms with Gasteiger partial charge in [-0.2, -0.15) is 0 Å². The molecule has 0 spiro atoms. The Morgan fingerprint density at radius 2 is 2.12 bits per heavy atom. The fourth-order valence-electron chi connectivity index (χ4n) is 3.13. The van der Waals surface area contributed by atoms with Gasteiger partial charge in [-0.3, -0.25) is 4.79 Å². The second kappa shape index (κ2) is 2.96. The lowest BCUT2D eigenvalue weighted by Gasteiger charge is -2.35. The van der Waals surface area contributed by atoms with Gasteiger partial charge >= 0.3 is 0 Å². The molecule has 4 heteroatoms. The van der Waals surface area contributed by atoms with Gasteiger partial charge in [-0.05, 0) is 25.0 Å². The lowest BCUT2D eigenvalue weighted by Crippen LogP contribution is -2.40. The van der Waals surface area contributed by atoms with E-state index in [-0.39, 0.29) is 11.0 Å². The summed E-state index contributed by atoms with van der Waals surface area (Å²) < 4.78 is 0. The molecule has 0 atom stereocenters. The van der Waals surface area contributed by atoms with Crippen molar-refractivity contribution < 1.29 is 0 Å². The number of rotatable bonds is 1. The first-order valence-electron chi connectivity index (χ1n) is 6.00.